The van der Waals surface area contributed by atoms with Crippen LogP contribution >= 0.6 is 11.8 Å². The highest BCUT2D eigenvalue weighted by Crippen LogP contribution is 2.34. The van der Waals surface area contributed by atoms with Crippen LogP contribution in [0.1, 0.15) is 12.2 Å². The fourth-order valence-corrected chi connectivity index (χ4v) is 4.49. The molecule has 2 heterocycles. The summed E-state index contributed by atoms with van der Waals surface area (Å²) in [6.45, 7) is 0.248. The first-order chi connectivity index (χ1) is 16.1. The van der Waals surface area contributed by atoms with Gasteiger partial charge in [-0.2, -0.15) is 0 Å². The minimum Gasteiger partial charge on any atom is -0.493 e. The number of amidine groups is 1. The number of amides is 2. The van der Waals surface area contributed by atoms with Crippen LogP contribution in [0.3, 0.4) is 0 Å². The smallest absolute Gasteiger partial charge is 0.243 e. The second kappa shape index (κ2) is 10.3. The molecule has 0 saturated carbocycles. The fraction of sp³-hybridized carbons (Fsp3) is 0.208. The van der Waals surface area contributed by atoms with Gasteiger partial charge in [-0.1, -0.05) is 30.0 Å². The topological polar surface area (TPSA) is 93.4 Å². The first kappa shape index (κ1) is 22.5. The lowest BCUT2D eigenvalue weighted by molar-refractivity contribution is -0.128. The Labute approximate surface area is 195 Å². The maximum Gasteiger partial charge on any atom is 0.243 e. The number of hydrogen-bond donors (Lipinski definition) is 1. The number of para-hydroxylation sites is 1. The number of nitrogens with one attached hydrogen (secondary N) is 1. The number of carbonyl (C=O) groups is 2. The van der Waals surface area contributed by atoms with Crippen molar-refractivity contribution < 1.29 is 23.5 Å². The molecule has 0 radical (unpaired) electrons. The molecule has 1 aliphatic heterocycles. The summed E-state index contributed by atoms with van der Waals surface area (Å²) in [5, 5.41) is 2.76. The number of benzene rings is 2. The van der Waals surface area contributed by atoms with Gasteiger partial charge in [-0.3, -0.25) is 14.5 Å². The van der Waals surface area contributed by atoms with Crippen LogP contribution in [0, 0.1) is 0 Å². The summed E-state index contributed by atoms with van der Waals surface area (Å²) in [6, 6.07) is 18.1. The van der Waals surface area contributed by atoms with E-state index in [1.54, 1.807) is 48.6 Å². The third-order valence-corrected chi connectivity index (χ3v) is 6.11. The van der Waals surface area contributed by atoms with Crippen molar-refractivity contribution in [3.05, 3.63) is 72.7 Å². The van der Waals surface area contributed by atoms with Crippen molar-refractivity contribution in [2.24, 2.45) is 4.99 Å². The van der Waals surface area contributed by atoms with Crippen LogP contribution in [0.15, 0.2) is 76.3 Å². The molecule has 0 spiro atoms. The minimum atomic E-state index is -0.595. The Morgan fingerprint density at radius 2 is 1.88 bits per heavy atom. The number of ether oxygens (including phenoxy) is 2. The van der Waals surface area contributed by atoms with Gasteiger partial charge < -0.3 is 19.2 Å². The van der Waals surface area contributed by atoms with Crippen molar-refractivity contribution >= 4 is 40.1 Å². The maximum absolute atomic E-state index is 13.2. The SMILES string of the molecule is COc1ccc(NC(=O)CC2SC(=Nc3ccccc3)N(Cc3ccco3)C2=O)cc1OC. The lowest BCUT2D eigenvalue weighted by atomic mass is 10.2. The normalized spacial score (nSPS) is 16.8. The number of carbonyl (C=O) groups excluding carboxylic acids is 2. The largest absolute Gasteiger partial charge is 0.493 e. The number of aliphatic imine (C=N–C) groups is 1. The Hall–Kier alpha value is -3.72. The Morgan fingerprint density at radius 1 is 1.09 bits per heavy atom. The van der Waals surface area contributed by atoms with Crippen LogP contribution in [0.4, 0.5) is 11.4 Å². The third-order valence-electron chi connectivity index (χ3n) is 4.93. The van der Waals surface area contributed by atoms with Crippen molar-refractivity contribution in [1.29, 1.82) is 0 Å². The van der Waals surface area contributed by atoms with Gasteiger partial charge in [0.15, 0.2) is 16.7 Å². The number of hydrogen-bond acceptors (Lipinski definition) is 7. The van der Waals surface area contributed by atoms with E-state index in [1.807, 2.05) is 30.3 Å². The van der Waals surface area contributed by atoms with E-state index in [4.69, 9.17) is 13.9 Å². The zero-order valence-corrected chi connectivity index (χ0v) is 19.0. The van der Waals surface area contributed by atoms with E-state index in [0.29, 0.717) is 28.1 Å². The van der Waals surface area contributed by atoms with Crippen LogP contribution in [0.2, 0.25) is 0 Å². The molecule has 1 N–H and O–H groups in total. The molecule has 1 aliphatic rings. The molecular weight excluding hydrogens is 442 g/mol. The number of furan rings is 1. The second-order valence-electron chi connectivity index (χ2n) is 7.16. The van der Waals surface area contributed by atoms with Crippen molar-refractivity contribution in [2.45, 2.75) is 18.2 Å². The lowest BCUT2D eigenvalue weighted by Crippen LogP contribution is -2.33. The molecule has 0 bridgehead atoms. The molecular formula is C24H23N3O5S. The van der Waals surface area contributed by atoms with Gasteiger partial charge in [-0.25, -0.2) is 4.99 Å². The third kappa shape index (κ3) is 5.38. The molecule has 4 rings (SSSR count). The monoisotopic (exact) mass is 465 g/mol. The molecule has 1 aromatic heterocycles. The van der Waals surface area contributed by atoms with E-state index in [1.165, 1.54) is 18.9 Å². The highest BCUT2D eigenvalue weighted by Gasteiger charge is 2.39. The quantitative estimate of drug-likeness (QED) is 0.528. The average molecular weight is 466 g/mol. The van der Waals surface area contributed by atoms with E-state index in [0.717, 1.165) is 5.69 Å². The first-order valence-electron chi connectivity index (χ1n) is 10.2. The summed E-state index contributed by atoms with van der Waals surface area (Å²) < 4.78 is 15.9. The summed E-state index contributed by atoms with van der Waals surface area (Å²) >= 11 is 1.28. The summed E-state index contributed by atoms with van der Waals surface area (Å²) in [4.78, 5) is 32.1. The van der Waals surface area contributed by atoms with Gasteiger partial charge in [0, 0.05) is 18.2 Å². The number of anilines is 1. The van der Waals surface area contributed by atoms with E-state index in [2.05, 4.69) is 10.3 Å². The molecule has 1 atom stereocenters. The summed E-state index contributed by atoms with van der Waals surface area (Å²) in [7, 11) is 3.07. The molecule has 33 heavy (non-hydrogen) atoms. The highest BCUT2D eigenvalue weighted by atomic mass is 32.2. The molecule has 1 saturated heterocycles. The molecule has 0 aliphatic carbocycles. The Balaban J connectivity index is 1.49. The zero-order chi connectivity index (χ0) is 23.2. The van der Waals surface area contributed by atoms with Gasteiger partial charge in [0.2, 0.25) is 11.8 Å². The molecule has 3 aromatic rings. The molecule has 8 nitrogen and oxygen atoms in total. The van der Waals surface area contributed by atoms with Gasteiger partial charge in [-0.15, -0.1) is 0 Å². The molecule has 1 unspecified atom stereocenters. The number of nitrogens with zero attached hydrogens (tertiary/aromatic N) is 2. The first-order valence-corrected chi connectivity index (χ1v) is 11.1. The molecule has 1 fully saturated rings. The number of thioether (sulfide) groups is 1. The van der Waals surface area contributed by atoms with Gasteiger partial charge in [-0.05, 0) is 36.4 Å². The second-order valence-corrected chi connectivity index (χ2v) is 8.33. The van der Waals surface area contributed by atoms with E-state index in [9.17, 15) is 9.59 Å². The molecule has 9 heteroatoms. The number of rotatable bonds is 8. The van der Waals surface area contributed by atoms with E-state index >= 15 is 0 Å². The minimum absolute atomic E-state index is 0.000307. The van der Waals surface area contributed by atoms with Gasteiger partial charge in [0.05, 0.1) is 32.7 Å². The van der Waals surface area contributed by atoms with Gasteiger partial charge in [0.25, 0.3) is 0 Å². The predicted molar refractivity (Wildman–Crippen MR) is 127 cm³/mol. The van der Waals surface area contributed by atoms with Crippen molar-refractivity contribution in [2.75, 3.05) is 19.5 Å². The lowest BCUT2D eigenvalue weighted by Gasteiger charge is -2.15. The van der Waals surface area contributed by atoms with Crippen molar-refractivity contribution in [3.63, 3.8) is 0 Å². The highest BCUT2D eigenvalue weighted by molar-refractivity contribution is 8.15. The van der Waals surface area contributed by atoms with Crippen LogP contribution in [0.25, 0.3) is 0 Å². The van der Waals surface area contributed by atoms with Crippen molar-refractivity contribution in [3.8, 4) is 11.5 Å². The van der Waals surface area contributed by atoms with Crippen molar-refractivity contribution in [1.82, 2.24) is 4.90 Å². The molecule has 2 aromatic carbocycles. The van der Waals surface area contributed by atoms with Crippen LogP contribution < -0.4 is 14.8 Å². The summed E-state index contributed by atoms with van der Waals surface area (Å²) in [5.41, 5.74) is 1.28. The maximum atomic E-state index is 13.2. The van der Waals surface area contributed by atoms with Crippen LogP contribution in [-0.2, 0) is 16.1 Å². The fourth-order valence-electron chi connectivity index (χ4n) is 3.34. The van der Waals surface area contributed by atoms with Gasteiger partial charge in [0.1, 0.15) is 11.0 Å². The molecule has 2 amide bonds. The number of methoxy groups -OCH3 is 2. The predicted octanol–water partition coefficient (Wildman–Crippen LogP) is 4.46. The average Bonchev–Trinajstić information content (AvgIpc) is 3.44. The van der Waals surface area contributed by atoms with E-state index < -0.39 is 5.25 Å². The Morgan fingerprint density at radius 3 is 2.58 bits per heavy atom. The van der Waals surface area contributed by atoms with Gasteiger partial charge >= 0.3 is 0 Å². The Kier molecular flexibility index (Phi) is 6.99. The summed E-state index contributed by atoms with van der Waals surface area (Å²) in [6.07, 6.45) is 1.56. The molecule has 170 valence electrons. The summed E-state index contributed by atoms with van der Waals surface area (Å²) in [5.74, 6) is 1.23. The zero-order valence-electron chi connectivity index (χ0n) is 18.2. The Bertz CT molecular complexity index is 1150. The van der Waals surface area contributed by atoms with Crippen LogP contribution in [0.5, 0.6) is 11.5 Å². The standard InChI is InChI=1S/C24H23N3O5S/c1-30-19-11-10-17(13-20(19)31-2)25-22(28)14-21-23(29)27(15-18-9-6-12-32-18)24(33-21)26-16-7-4-3-5-8-16/h3-13,21H,14-15H2,1-2H3,(H,25,28). The van der Waals surface area contributed by atoms with Crippen LogP contribution in [-0.4, -0.2) is 41.4 Å². The van der Waals surface area contributed by atoms with E-state index in [-0.39, 0.29) is 24.8 Å².